The molecule has 0 spiro atoms. The number of thioether (sulfide) groups is 1. The van der Waals surface area contributed by atoms with Crippen molar-refractivity contribution in [2.24, 2.45) is 4.99 Å². The van der Waals surface area contributed by atoms with Crippen LogP contribution in [0.2, 0.25) is 0 Å². The number of nitrogens with zero attached hydrogens (tertiary/aromatic N) is 2. The van der Waals surface area contributed by atoms with Gasteiger partial charge in [-0.3, -0.25) is 9.69 Å². The third kappa shape index (κ3) is 6.43. The molecule has 0 aliphatic carbocycles. The van der Waals surface area contributed by atoms with Gasteiger partial charge in [-0.1, -0.05) is 53.6 Å². The van der Waals surface area contributed by atoms with Crippen molar-refractivity contribution < 1.29 is 18.7 Å². The molecule has 1 heterocycles. The molecule has 4 aromatic rings. The molecule has 1 saturated heterocycles. The van der Waals surface area contributed by atoms with Crippen LogP contribution in [0.5, 0.6) is 11.5 Å². The first-order valence-electron chi connectivity index (χ1n) is 13.0. The molecule has 0 saturated carbocycles. The molecule has 5 rings (SSSR count). The number of aliphatic imine (C=N–C) groups is 1. The third-order valence-corrected chi connectivity index (χ3v) is 7.17. The van der Waals surface area contributed by atoms with E-state index in [1.165, 1.54) is 23.9 Å². The van der Waals surface area contributed by atoms with Crippen LogP contribution in [-0.2, 0) is 11.4 Å². The number of aryl methyl sites for hydroxylation is 2. The average molecular weight is 553 g/mol. The van der Waals surface area contributed by atoms with E-state index in [2.05, 4.69) is 0 Å². The Bertz CT molecular complexity index is 1580. The Labute approximate surface area is 238 Å². The van der Waals surface area contributed by atoms with E-state index in [1.807, 2.05) is 87.5 Å². The number of hydrogen-bond donors (Lipinski definition) is 0. The second-order valence-electron chi connectivity index (χ2n) is 9.37. The zero-order chi connectivity index (χ0) is 28.1. The van der Waals surface area contributed by atoms with Gasteiger partial charge in [0, 0.05) is 0 Å². The molecule has 0 radical (unpaired) electrons. The number of carbonyl (C=O) groups excluding carboxylic acids is 1. The van der Waals surface area contributed by atoms with Crippen molar-refractivity contribution in [1.82, 2.24) is 0 Å². The second-order valence-corrected chi connectivity index (χ2v) is 10.4. The minimum Gasteiger partial charge on any atom is -0.490 e. The van der Waals surface area contributed by atoms with Crippen LogP contribution in [0, 0.1) is 19.7 Å². The van der Waals surface area contributed by atoms with E-state index in [0.717, 1.165) is 33.6 Å². The van der Waals surface area contributed by atoms with Crippen LogP contribution in [0.15, 0.2) is 101 Å². The summed E-state index contributed by atoms with van der Waals surface area (Å²) in [5, 5.41) is 0.587. The van der Waals surface area contributed by atoms with E-state index in [4.69, 9.17) is 14.5 Å². The SMILES string of the molecule is CCOc1cc(/C=C2/SC(=Nc3ccc(C)cc3)N(c3ccc(C)cc3)C2=O)ccc1OCc1cccc(F)c1. The Kier molecular flexibility index (Phi) is 8.31. The van der Waals surface area contributed by atoms with E-state index < -0.39 is 0 Å². The van der Waals surface area contributed by atoms with Crippen molar-refractivity contribution >= 4 is 40.3 Å². The van der Waals surface area contributed by atoms with Gasteiger partial charge >= 0.3 is 0 Å². The van der Waals surface area contributed by atoms with Gasteiger partial charge in [-0.15, -0.1) is 0 Å². The average Bonchev–Trinajstić information content (AvgIpc) is 3.24. The topological polar surface area (TPSA) is 51.1 Å². The van der Waals surface area contributed by atoms with E-state index in [-0.39, 0.29) is 18.3 Å². The summed E-state index contributed by atoms with van der Waals surface area (Å²) >= 11 is 1.33. The Morgan fingerprint density at radius 2 is 1.60 bits per heavy atom. The van der Waals surface area contributed by atoms with E-state index in [1.54, 1.807) is 23.1 Å². The fourth-order valence-electron chi connectivity index (χ4n) is 4.14. The first-order chi connectivity index (χ1) is 19.4. The van der Waals surface area contributed by atoms with Crippen LogP contribution in [0.25, 0.3) is 6.08 Å². The smallest absolute Gasteiger partial charge is 0.271 e. The first-order valence-corrected chi connectivity index (χ1v) is 13.8. The molecule has 40 heavy (non-hydrogen) atoms. The molecule has 1 aliphatic heterocycles. The maximum absolute atomic E-state index is 13.7. The molecule has 1 aliphatic rings. The summed E-state index contributed by atoms with van der Waals surface area (Å²) in [6.45, 7) is 6.58. The highest BCUT2D eigenvalue weighted by atomic mass is 32.2. The highest BCUT2D eigenvalue weighted by molar-refractivity contribution is 8.19. The Morgan fingerprint density at radius 1 is 0.875 bits per heavy atom. The molecule has 0 aromatic heterocycles. The van der Waals surface area contributed by atoms with Gasteiger partial charge in [-0.25, -0.2) is 9.38 Å². The van der Waals surface area contributed by atoms with Gasteiger partial charge in [0.1, 0.15) is 12.4 Å². The molecule has 7 heteroatoms. The van der Waals surface area contributed by atoms with Crippen LogP contribution >= 0.6 is 11.8 Å². The van der Waals surface area contributed by atoms with Crippen molar-refractivity contribution in [2.75, 3.05) is 11.5 Å². The highest BCUT2D eigenvalue weighted by Gasteiger charge is 2.34. The predicted octanol–water partition coefficient (Wildman–Crippen LogP) is 8.23. The standard InChI is InChI=1S/C33H29FN2O3S/c1-4-38-30-19-24(12-17-29(30)39-21-25-6-5-7-26(34)18-25)20-31-32(37)36(28-15-10-23(3)11-16-28)33(40-31)35-27-13-8-22(2)9-14-27/h5-20H,4,21H2,1-3H3/b31-20+,35-33?. The largest absolute Gasteiger partial charge is 0.490 e. The van der Waals surface area contributed by atoms with Gasteiger partial charge in [-0.2, -0.15) is 0 Å². The number of benzene rings is 4. The number of rotatable bonds is 8. The fraction of sp³-hybridized carbons (Fsp3) is 0.152. The summed E-state index contributed by atoms with van der Waals surface area (Å²) in [7, 11) is 0. The molecule has 202 valence electrons. The van der Waals surface area contributed by atoms with Gasteiger partial charge in [-0.05, 0) is 98.3 Å². The molecule has 5 nitrogen and oxygen atoms in total. The van der Waals surface area contributed by atoms with Gasteiger partial charge in [0.2, 0.25) is 0 Å². The first kappa shape index (κ1) is 27.2. The lowest BCUT2D eigenvalue weighted by atomic mass is 10.1. The number of amides is 1. The lowest BCUT2D eigenvalue weighted by Gasteiger charge is -2.16. The highest BCUT2D eigenvalue weighted by Crippen LogP contribution is 2.38. The summed E-state index contributed by atoms with van der Waals surface area (Å²) in [6, 6.07) is 27.5. The molecule has 0 atom stereocenters. The molecule has 0 unspecified atom stereocenters. The van der Waals surface area contributed by atoms with Gasteiger partial charge in [0.15, 0.2) is 16.7 Å². The monoisotopic (exact) mass is 552 g/mol. The summed E-state index contributed by atoms with van der Waals surface area (Å²) in [5.41, 5.74) is 5.30. The van der Waals surface area contributed by atoms with E-state index >= 15 is 0 Å². The Morgan fingerprint density at radius 3 is 2.30 bits per heavy atom. The van der Waals surface area contributed by atoms with Crippen molar-refractivity contribution in [3.8, 4) is 11.5 Å². The predicted molar refractivity (Wildman–Crippen MR) is 161 cm³/mol. The van der Waals surface area contributed by atoms with Crippen LogP contribution in [0.3, 0.4) is 0 Å². The minimum absolute atomic E-state index is 0.149. The van der Waals surface area contributed by atoms with E-state index in [9.17, 15) is 9.18 Å². The number of ether oxygens (including phenoxy) is 2. The third-order valence-electron chi connectivity index (χ3n) is 6.21. The number of halogens is 1. The maximum atomic E-state index is 13.7. The lowest BCUT2D eigenvalue weighted by Crippen LogP contribution is -2.28. The molecular formula is C33H29FN2O3S. The van der Waals surface area contributed by atoms with Gasteiger partial charge in [0.05, 0.1) is 22.9 Å². The number of anilines is 1. The molecule has 1 amide bonds. The minimum atomic E-state index is -0.309. The van der Waals surface area contributed by atoms with Gasteiger partial charge in [0.25, 0.3) is 5.91 Å². The van der Waals surface area contributed by atoms with Crippen LogP contribution in [0.1, 0.15) is 29.2 Å². The summed E-state index contributed by atoms with van der Waals surface area (Å²) < 4.78 is 25.3. The van der Waals surface area contributed by atoms with Crippen molar-refractivity contribution in [3.05, 3.63) is 124 Å². The van der Waals surface area contributed by atoms with Crippen LogP contribution in [0.4, 0.5) is 15.8 Å². The normalized spacial score (nSPS) is 15.2. The number of amidine groups is 1. The van der Waals surface area contributed by atoms with Crippen molar-refractivity contribution in [2.45, 2.75) is 27.4 Å². The molecule has 0 bridgehead atoms. The van der Waals surface area contributed by atoms with Crippen LogP contribution < -0.4 is 14.4 Å². The second kappa shape index (κ2) is 12.2. The lowest BCUT2D eigenvalue weighted by molar-refractivity contribution is -0.113. The Balaban J connectivity index is 1.45. The fourth-order valence-corrected chi connectivity index (χ4v) is 5.14. The zero-order valence-electron chi connectivity index (χ0n) is 22.6. The summed E-state index contributed by atoms with van der Waals surface area (Å²) in [4.78, 5) is 20.7. The molecule has 1 fully saturated rings. The number of carbonyl (C=O) groups is 1. The van der Waals surface area contributed by atoms with Crippen molar-refractivity contribution in [1.29, 1.82) is 0 Å². The Hall–Kier alpha value is -4.36. The summed E-state index contributed by atoms with van der Waals surface area (Å²) in [6.07, 6.45) is 1.84. The molecular weight excluding hydrogens is 523 g/mol. The van der Waals surface area contributed by atoms with Crippen LogP contribution in [-0.4, -0.2) is 17.7 Å². The van der Waals surface area contributed by atoms with Gasteiger partial charge < -0.3 is 9.47 Å². The molecule has 4 aromatic carbocycles. The molecule has 0 N–H and O–H groups in total. The number of hydrogen-bond acceptors (Lipinski definition) is 5. The van der Waals surface area contributed by atoms with Crippen molar-refractivity contribution in [3.63, 3.8) is 0 Å². The zero-order valence-corrected chi connectivity index (χ0v) is 23.4. The maximum Gasteiger partial charge on any atom is 0.271 e. The summed E-state index contributed by atoms with van der Waals surface area (Å²) in [5.74, 6) is 0.634. The van der Waals surface area contributed by atoms with E-state index in [0.29, 0.717) is 28.2 Å². The quantitative estimate of drug-likeness (QED) is 0.207.